The number of hydrogen-bond acceptors (Lipinski definition) is 4. The number of benzene rings is 4. The Kier molecular flexibility index (Phi) is 5.76. The summed E-state index contributed by atoms with van der Waals surface area (Å²) < 4.78 is 0. The lowest BCUT2D eigenvalue weighted by atomic mass is 9.73. The molecule has 0 saturated heterocycles. The van der Waals surface area contributed by atoms with Gasteiger partial charge < -0.3 is 0 Å². The largest absolute Gasteiger partial charge is 0.294 e. The molecular weight excluding hydrogens is 533 g/mol. The van der Waals surface area contributed by atoms with Crippen LogP contribution in [0, 0.1) is 0 Å². The highest BCUT2D eigenvalue weighted by atomic mass is 28.3. The van der Waals surface area contributed by atoms with Crippen LogP contribution in [-0.4, -0.2) is 24.6 Å². The maximum absolute atomic E-state index is 13.5. The van der Waals surface area contributed by atoms with Crippen molar-refractivity contribution in [1.29, 1.82) is 0 Å². The fourth-order valence-corrected chi connectivity index (χ4v) is 7.36. The third-order valence-electron chi connectivity index (χ3n) is 8.77. The molecule has 1 aromatic heterocycles. The normalized spacial score (nSPS) is 15.5. The van der Waals surface area contributed by atoms with Gasteiger partial charge in [0, 0.05) is 22.7 Å². The molecular formula is C37H32N2O2Si. The highest BCUT2D eigenvalue weighted by molar-refractivity contribution is 6.88. The summed E-state index contributed by atoms with van der Waals surface area (Å²) in [7, 11) is -1.49. The Morgan fingerprint density at radius 1 is 0.714 bits per heavy atom. The monoisotopic (exact) mass is 564 g/mol. The van der Waals surface area contributed by atoms with E-state index in [4.69, 9.17) is 4.98 Å². The lowest BCUT2D eigenvalue weighted by molar-refractivity contribution is 0.0990. The van der Waals surface area contributed by atoms with Gasteiger partial charge in [-0.25, -0.2) is 4.98 Å². The number of fused-ring (bicyclic) bond motifs is 4. The number of pyridine rings is 1. The molecule has 7 rings (SSSR count). The Hall–Kier alpha value is -4.61. The summed E-state index contributed by atoms with van der Waals surface area (Å²) in [5, 5.41) is 3.23. The minimum Gasteiger partial charge on any atom is -0.294 e. The molecule has 0 amide bonds. The first-order chi connectivity index (χ1) is 20.0. The second kappa shape index (κ2) is 9.20. The van der Waals surface area contributed by atoms with Crippen LogP contribution in [0.1, 0.15) is 51.3 Å². The van der Waals surface area contributed by atoms with Crippen molar-refractivity contribution in [3.63, 3.8) is 0 Å². The summed E-state index contributed by atoms with van der Waals surface area (Å²) in [6.07, 6.45) is 3.79. The number of ketones is 2. The van der Waals surface area contributed by atoms with E-state index in [0.717, 1.165) is 39.1 Å². The van der Waals surface area contributed by atoms with Gasteiger partial charge in [0.25, 0.3) is 0 Å². The highest BCUT2D eigenvalue weighted by Gasteiger charge is 2.38. The quantitative estimate of drug-likeness (QED) is 0.126. The molecule has 0 atom stereocenters. The van der Waals surface area contributed by atoms with E-state index in [1.165, 1.54) is 10.8 Å². The predicted octanol–water partition coefficient (Wildman–Crippen LogP) is 8.35. The van der Waals surface area contributed by atoms with Crippen LogP contribution in [0.5, 0.6) is 0 Å². The molecule has 0 fully saturated rings. The lowest BCUT2D eigenvalue weighted by Gasteiger charge is -2.41. The molecule has 1 aliphatic carbocycles. The summed E-state index contributed by atoms with van der Waals surface area (Å²) in [6.45, 7) is 11.4. The minimum absolute atomic E-state index is 0.212. The maximum Gasteiger partial charge on any atom is 0.197 e. The minimum atomic E-state index is -1.49. The van der Waals surface area contributed by atoms with Gasteiger partial charge in [0.2, 0.25) is 0 Å². The van der Waals surface area contributed by atoms with Crippen LogP contribution in [0.25, 0.3) is 16.8 Å². The SMILES string of the molecule is CC1(C)c2ccccc2N(c2ccc([Si](C)(C)C)cn2)c2ccc(C=C3C(=O)c4cc5ccccc5cc4C3=O)cc21. The number of carbonyl (C=O) groups is 2. The number of carbonyl (C=O) groups excluding carboxylic acids is 2. The van der Waals surface area contributed by atoms with Crippen molar-refractivity contribution in [3.05, 3.63) is 131 Å². The van der Waals surface area contributed by atoms with Crippen molar-refractivity contribution < 1.29 is 9.59 Å². The molecule has 0 unspecified atom stereocenters. The van der Waals surface area contributed by atoms with Gasteiger partial charge in [0.05, 0.1) is 25.0 Å². The first-order valence-electron chi connectivity index (χ1n) is 14.4. The van der Waals surface area contributed by atoms with E-state index in [1.54, 1.807) is 6.08 Å². The Morgan fingerprint density at radius 3 is 1.95 bits per heavy atom. The Bertz CT molecular complexity index is 1920. The molecule has 5 heteroatoms. The van der Waals surface area contributed by atoms with Gasteiger partial charge in [0.15, 0.2) is 11.6 Å². The highest BCUT2D eigenvalue weighted by Crippen LogP contribution is 2.51. The molecule has 2 heterocycles. The smallest absolute Gasteiger partial charge is 0.197 e. The third-order valence-corrected chi connectivity index (χ3v) is 10.8. The molecule has 0 N–H and O–H groups in total. The topological polar surface area (TPSA) is 50.3 Å². The molecule has 0 radical (unpaired) electrons. The maximum atomic E-state index is 13.5. The Labute approximate surface area is 247 Å². The van der Waals surface area contributed by atoms with Gasteiger partial charge in [-0.1, -0.05) is 88.1 Å². The average Bonchev–Trinajstić information content (AvgIpc) is 3.20. The number of nitrogens with zero attached hydrogens (tertiary/aromatic N) is 2. The lowest BCUT2D eigenvalue weighted by Crippen LogP contribution is -2.38. The summed E-state index contributed by atoms with van der Waals surface area (Å²) in [6, 6.07) is 30.6. The van der Waals surface area contributed by atoms with Gasteiger partial charge >= 0.3 is 0 Å². The molecule has 206 valence electrons. The Morgan fingerprint density at radius 2 is 1.33 bits per heavy atom. The van der Waals surface area contributed by atoms with Crippen LogP contribution in [0.3, 0.4) is 0 Å². The van der Waals surface area contributed by atoms with Crippen LogP contribution in [0.4, 0.5) is 17.2 Å². The van der Waals surface area contributed by atoms with Crippen molar-refractivity contribution in [1.82, 2.24) is 4.98 Å². The standard InChI is InChI=1S/C37H32N2O2Si/c1-37(2)30-12-8-9-13-32(30)39(34-17-15-26(22-38-34)42(3,4)5)33-16-14-23(19-31(33)37)18-29-35(40)27-20-24-10-6-7-11-25(24)21-28(27)36(29)41/h6-22H,1-5H3. The zero-order valence-corrected chi connectivity index (χ0v) is 25.5. The summed E-state index contributed by atoms with van der Waals surface area (Å²) in [4.78, 5) is 34.1. The van der Waals surface area contributed by atoms with Gasteiger partial charge in [0.1, 0.15) is 5.82 Å². The number of aromatic nitrogens is 1. The molecule has 4 nitrogen and oxygen atoms in total. The van der Waals surface area contributed by atoms with Gasteiger partial charge in [-0.2, -0.15) is 0 Å². The summed E-state index contributed by atoms with van der Waals surface area (Å²) in [5.74, 6) is 0.448. The number of para-hydroxylation sites is 1. The van der Waals surface area contributed by atoms with E-state index < -0.39 is 8.07 Å². The van der Waals surface area contributed by atoms with Crippen molar-refractivity contribution in [3.8, 4) is 0 Å². The Balaban J connectivity index is 1.34. The molecule has 42 heavy (non-hydrogen) atoms. The average molecular weight is 565 g/mol. The van der Waals surface area contributed by atoms with Crippen molar-refractivity contribution in [2.75, 3.05) is 4.90 Å². The van der Waals surface area contributed by atoms with E-state index in [-0.39, 0.29) is 22.6 Å². The van der Waals surface area contributed by atoms with E-state index in [0.29, 0.717) is 11.1 Å². The van der Waals surface area contributed by atoms with E-state index >= 15 is 0 Å². The fraction of sp³-hybridized carbons (Fsp3) is 0.162. The molecule has 0 saturated carbocycles. The van der Waals surface area contributed by atoms with Crippen LogP contribution in [0.15, 0.2) is 103 Å². The van der Waals surface area contributed by atoms with E-state index in [1.807, 2.05) is 48.7 Å². The number of anilines is 3. The van der Waals surface area contributed by atoms with E-state index in [2.05, 4.69) is 86.9 Å². The molecule has 5 aromatic rings. The first-order valence-corrected chi connectivity index (χ1v) is 17.9. The van der Waals surface area contributed by atoms with Gasteiger partial charge in [-0.05, 0) is 75.1 Å². The summed E-state index contributed by atoms with van der Waals surface area (Å²) >= 11 is 0. The van der Waals surface area contributed by atoms with Crippen molar-refractivity contribution in [2.24, 2.45) is 0 Å². The second-order valence-electron chi connectivity index (χ2n) is 12.9. The van der Waals surface area contributed by atoms with Crippen molar-refractivity contribution in [2.45, 2.75) is 38.9 Å². The van der Waals surface area contributed by atoms with Crippen LogP contribution >= 0.6 is 0 Å². The molecule has 1 aliphatic heterocycles. The molecule has 0 spiro atoms. The summed E-state index contributed by atoms with van der Waals surface area (Å²) in [5.41, 5.74) is 6.18. The molecule has 2 aliphatic rings. The van der Waals surface area contributed by atoms with Gasteiger partial charge in [-0.15, -0.1) is 0 Å². The first kappa shape index (κ1) is 26.3. The van der Waals surface area contributed by atoms with Crippen molar-refractivity contribution >= 4 is 58.9 Å². The van der Waals surface area contributed by atoms with E-state index in [9.17, 15) is 9.59 Å². The number of allylic oxidation sites excluding steroid dienone is 1. The number of rotatable bonds is 3. The number of Topliss-reactive ketones (excluding diaryl/α,β-unsaturated/α-hetero) is 2. The van der Waals surface area contributed by atoms with Crippen LogP contribution in [-0.2, 0) is 5.41 Å². The van der Waals surface area contributed by atoms with Crippen LogP contribution < -0.4 is 10.1 Å². The van der Waals surface area contributed by atoms with Crippen LogP contribution in [0.2, 0.25) is 19.6 Å². The fourth-order valence-electron chi connectivity index (χ4n) is 6.33. The van der Waals surface area contributed by atoms with Gasteiger partial charge in [-0.3, -0.25) is 14.5 Å². The zero-order chi connectivity index (χ0) is 29.4. The molecule has 0 bridgehead atoms. The third kappa shape index (κ3) is 3.99. The predicted molar refractivity (Wildman–Crippen MR) is 175 cm³/mol. The number of hydrogen-bond donors (Lipinski definition) is 0. The molecule has 4 aromatic carbocycles. The second-order valence-corrected chi connectivity index (χ2v) is 17.9. The zero-order valence-electron chi connectivity index (χ0n) is 24.5.